The average Bonchev–Trinajstić information content (AvgIpc) is 2.43. The molecule has 0 aliphatic heterocycles. The molecule has 0 atom stereocenters. The van der Waals surface area contributed by atoms with Crippen molar-refractivity contribution in [3.8, 4) is 0 Å². The van der Waals surface area contributed by atoms with Crippen LogP contribution in [0.5, 0.6) is 0 Å². The summed E-state index contributed by atoms with van der Waals surface area (Å²) in [5.41, 5.74) is 5.80. The summed E-state index contributed by atoms with van der Waals surface area (Å²) in [4.78, 5) is 13.0. The molecule has 19 heavy (non-hydrogen) atoms. The van der Waals surface area contributed by atoms with Crippen molar-refractivity contribution in [3.05, 3.63) is 10.8 Å². The molecule has 108 valence electrons. The van der Waals surface area contributed by atoms with Gasteiger partial charge in [0.05, 0.1) is 0 Å². The van der Waals surface area contributed by atoms with Gasteiger partial charge in [-0.15, -0.1) is 0 Å². The Morgan fingerprint density at radius 2 is 1.79 bits per heavy atom. The lowest BCUT2D eigenvalue weighted by molar-refractivity contribution is 0.300. The van der Waals surface area contributed by atoms with E-state index < -0.39 is 0 Å². The molecule has 6 heteroatoms. The van der Waals surface area contributed by atoms with Crippen LogP contribution in [-0.2, 0) is 0 Å². The number of halogens is 1. The molecule has 0 spiro atoms. The Hall–Kier alpha value is -0.880. The monoisotopic (exact) mass is 329 g/mol. The number of nitrogens with two attached hydrogens (primary N) is 1. The van der Waals surface area contributed by atoms with E-state index in [-0.39, 0.29) is 0 Å². The van der Waals surface area contributed by atoms with Gasteiger partial charge in [0, 0.05) is 13.1 Å². The number of anilines is 2. The van der Waals surface area contributed by atoms with Crippen LogP contribution in [0.2, 0.25) is 0 Å². The molecule has 0 unspecified atom stereocenters. The summed E-state index contributed by atoms with van der Waals surface area (Å²) in [6, 6.07) is 0. The van der Waals surface area contributed by atoms with E-state index in [1.54, 1.807) is 0 Å². The van der Waals surface area contributed by atoms with Crippen molar-refractivity contribution in [1.29, 1.82) is 0 Å². The minimum atomic E-state index is 0.493. The molecule has 0 saturated heterocycles. The molecule has 1 rings (SSSR count). The molecule has 0 aliphatic rings. The van der Waals surface area contributed by atoms with Gasteiger partial charge >= 0.3 is 0 Å². The molecule has 0 saturated carbocycles. The first kappa shape index (κ1) is 16.2. The molecular formula is C13H24BrN5. The third kappa shape index (κ3) is 4.62. The number of nitrogen functional groups attached to an aromatic ring is 1. The Kier molecular flexibility index (Phi) is 7.09. The van der Waals surface area contributed by atoms with Crippen LogP contribution in [-0.4, -0.2) is 47.6 Å². The molecule has 1 heterocycles. The van der Waals surface area contributed by atoms with Gasteiger partial charge in [-0.2, -0.15) is 0 Å². The summed E-state index contributed by atoms with van der Waals surface area (Å²) in [6.07, 6.45) is 2.63. The first-order valence-corrected chi connectivity index (χ1v) is 7.66. The zero-order chi connectivity index (χ0) is 14.3. The summed E-state index contributed by atoms with van der Waals surface area (Å²) >= 11 is 3.47. The maximum absolute atomic E-state index is 5.80. The third-order valence-corrected chi connectivity index (χ3v) is 4.04. The van der Waals surface area contributed by atoms with Crippen molar-refractivity contribution < 1.29 is 0 Å². The lowest BCUT2D eigenvalue weighted by Crippen LogP contribution is -2.30. The molecule has 5 nitrogen and oxygen atoms in total. The predicted octanol–water partition coefficient (Wildman–Crippen LogP) is 2.38. The van der Waals surface area contributed by atoms with Crippen LogP contribution in [0.15, 0.2) is 10.8 Å². The summed E-state index contributed by atoms with van der Waals surface area (Å²) in [6.45, 7) is 11.7. The molecule has 0 aromatic carbocycles. The number of hydrogen-bond acceptors (Lipinski definition) is 5. The van der Waals surface area contributed by atoms with E-state index in [4.69, 9.17) is 5.73 Å². The van der Waals surface area contributed by atoms with E-state index in [0.717, 1.165) is 49.4 Å². The molecule has 1 aromatic rings. The van der Waals surface area contributed by atoms with E-state index >= 15 is 0 Å². The highest BCUT2D eigenvalue weighted by molar-refractivity contribution is 9.10. The topological polar surface area (TPSA) is 58.3 Å². The van der Waals surface area contributed by atoms with Gasteiger partial charge in [0.1, 0.15) is 22.4 Å². The lowest BCUT2D eigenvalue weighted by atomic mass is 10.3. The van der Waals surface area contributed by atoms with Gasteiger partial charge in [0.2, 0.25) is 0 Å². The van der Waals surface area contributed by atoms with Gasteiger partial charge in [-0.3, -0.25) is 0 Å². The predicted molar refractivity (Wildman–Crippen MR) is 84.4 cm³/mol. The fourth-order valence-electron chi connectivity index (χ4n) is 2.03. The largest absolute Gasteiger partial charge is 0.383 e. The Morgan fingerprint density at radius 1 is 1.11 bits per heavy atom. The average molecular weight is 330 g/mol. The van der Waals surface area contributed by atoms with Gasteiger partial charge in [-0.1, -0.05) is 13.8 Å². The van der Waals surface area contributed by atoms with Crippen LogP contribution in [0.25, 0.3) is 0 Å². The van der Waals surface area contributed by atoms with Crippen molar-refractivity contribution in [2.24, 2.45) is 0 Å². The zero-order valence-electron chi connectivity index (χ0n) is 12.1. The van der Waals surface area contributed by atoms with Crippen LogP contribution in [0.1, 0.15) is 27.2 Å². The molecule has 0 bridgehead atoms. The molecule has 2 N–H and O–H groups in total. The highest BCUT2D eigenvalue weighted by Gasteiger charge is 2.12. The van der Waals surface area contributed by atoms with E-state index in [1.165, 1.54) is 6.33 Å². The normalized spacial score (nSPS) is 11.0. The van der Waals surface area contributed by atoms with Crippen molar-refractivity contribution in [3.63, 3.8) is 0 Å². The van der Waals surface area contributed by atoms with Crippen LogP contribution in [0.4, 0.5) is 11.6 Å². The van der Waals surface area contributed by atoms with Gasteiger partial charge in [-0.05, 0) is 48.9 Å². The van der Waals surface area contributed by atoms with E-state index in [2.05, 4.69) is 56.5 Å². The SMILES string of the molecule is CCN(CC)CCCN(CC)c1ncnc(N)c1Br. The van der Waals surface area contributed by atoms with Crippen molar-refractivity contribution in [2.45, 2.75) is 27.2 Å². The summed E-state index contributed by atoms with van der Waals surface area (Å²) in [7, 11) is 0. The molecular weight excluding hydrogens is 306 g/mol. The fraction of sp³-hybridized carbons (Fsp3) is 0.692. The Labute approximate surface area is 124 Å². The number of hydrogen-bond donors (Lipinski definition) is 1. The minimum absolute atomic E-state index is 0.493. The van der Waals surface area contributed by atoms with Crippen molar-refractivity contribution >= 4 is 27.6 Å². The highest BCUT2D eigenvalue weighted by Crippen LogP contribution is 2.27. The standard InChI is InChI=1S/C13H24BrN5/c1-4-18(5-2)8-7-9-19(6-3)13-11(14)12(15)16-10-17-13/h10H,4-9H2,1-3H3,(H2,15,16,17). The van der Waals surface area contributed by atoms with Crippen LogP contribution in [0.3, 0.4) is 0 Å². The molecule has 0 amide bonds. The Bertz CT molecular complexity index is 381. The van der Waals surface area contributed by atoms with Gasteiger partial charge < -0.3 is 15.5 Å². The van der Waals surface area contributed by atoms with E-state index in [0.29, 0.717) is 5.82 Å². The maximum Gasteiger partial charge on any atom is 0.148 e. The summed E-state index contributed by atoms with van der Waals surface area (Å²) in [5.74, 6) is 1.38. The van der Waals surface area contributed by atoms with Gasteiger partial charge in [0.15, 0.2) is 0 Å². The summed E-state index contributed by atoms with van der Waals surface area (Å²) < 4.78 is 0.791. The summed E-state index contributed by atoms with van der Waals surface area (Å²) in [5, 5.41) is 0. The molecule has 0 aliphatic carbocycles. The van der Waals surface area contributed by atoms with Gasteiger partial charge in [0.25, 0.3) is 0 Å². The second kappa shape index (κ2) is 8.32. The van der Waals surface area contributed by atoms with Crippen LogP contribution >= 0.6 is 15.9 Å². The van der Waals surface area contributed by atoms with Crippen molar-refractivity contribution in [2.75, 3.05) is 43.4 Å². The highest BCUT2D eigenvalue weighted by atomic mass is 79.9. The Balaban J connectivity index is 2.61. The van der Waals surface area contributed by atoms with E-state index in [9.17, 15) is 0 Å². The fourth-order valence-corrected chi connectivity index (χ4v) is 2.49. The quantitative estimate of drug-likeness (QED) is 0.793. The smallest absolute Gasteiger partial charge is 0.148 e. The minimum Gasteiger partial charge on any atom is -0.383 e. The molecule has 1 aromatic heterocycles. The van der Waals surface area contributed by atoms with Gasteiger partial charge in [-0.25, -0.2) is 9.97 Å². The molecule has 0 fully saturated rings. The maximum atomic E-state index is 5.80. The van der Waals surface area contributed by atoms with Crippen LogP contribution in [0, 0.1) is 0 Å². The lowest BCUT2D eigenvalue weighted by Gasteiger charge is -2.25. The number of aromatic nitrogens is 2. The third-order valence-electron chi connectivity index (χ3n) is 3.28. The van der Waals surface area contributed by atoms with Crippen molar-refractivity contribution in [1.82, 2.24) is 14.9 Å². The Morgan fingerprint density at radius 3 is 2.37 bits per heavy atom. The number of nitrogens with zero attached hydrogens (tertiary/aromatic N) is 4. The van der Waals surface area contributed by atoms with E-state index in [1.807, 2.05) is 0 Å². The first-order valence-electron chi connectivity index (χ1n) is 6.87. The second-order valence-electron chi connectivity index (χ2n) is 4.36. The zero-order valence-corrected chi connectivity index (χ0v) is 13.7. The second-order valence-corrected chi connectivity index (χ2v) is 5.15. The number of rotatable bonds is 8. The first-order chi connectivity index (χ1) is 9.13. The molecule has 0 radical (unpaired) electrons. The van der Waals surface area contributed by atoms with Crippen LogP contribution < -0.4 is 10.6 Å².